The lowest BCUT2D eigenvalue weighted by Gasteiger charge is -2.03. The van der Waals surface area contributed by atoms with E-state index in [1.165, 1.54) is 22.7 Å². The zero-order valence-electron chi connectivity index (χ0n) is 7.32. The first-order valence-electron chi connectivity index (χ1n) is 3.87. The molecule has 0 amide bonds. The molecule has 0 aliphatic rings. The van der Waals surface area contributed by atoms with Crippen molar-refractivity contribution >= 4 is 33.1 Å². The number of rotatable bonds is 4. The van der Waals surface area contributed by atoms with Crippen molar-refractivity contribution in [1.29, 1.82) is 0 Å². The van der Waals surface area contributed by atoms with E-state index >= 15 is 0 Å². The van der Waals surface area contributed by atoms with E-state index in [1.807, 2.05) is 0 Å². The summed E-state index contributed by atoms with van der Waals surface area (Å²) in [5, 5.41) is 4.00. The van der Waals surface area contributed by atoms with Crippen molar-refractivity contribution in [2.75, 3.05) is 0 Å². The normalized spacial score (nSPS) is 11.2. The highest BCUT2D eigenvalue weighted by Crippen LogP contribution is 2.24. The minimum atomic E-state index is -4.01. The first-order chi connectivity index (χ1) is 7.16. The fraction of sp³-hybridized carbons (Fsp3) is 0. The van der Waals surface area contributed by atoms with Crippen LogP contribution < -0.4 is 8.37 Å². The maximum absolute atomic E-state index is 11.3. The summed E-state index contributed by atoms with van der Waals surface area (Å²) in [7, 11) is -4.01. The highest BCUT2D eigenvalue weighted by atomic mass is 32.3. The maximum Gasteiger partial charge on any atom is 0.502 e. The van der Waals surface area contributed by atoms with E-state index in [0.29, 0.717) is 0 Å². The van der Waals surface area contributed by atoms with Crippen LogP contribution in [0.15, 0.2) is 35.0 Å². The minimum Gasteiger partial charge on any atom is -0.342 e. The van der Waals surface area contributed by atoms with Crippen molar-refractivity contribution in [3.8, 4) is 10.1 Å². The molecule has 2 heterocycles. The SMILES string of the molecule is O=S(=O)(Oc1cccs1)Oc1cccs1. The zero-order valence-corrected chi connectivity index (χ0v) is 9.77. The molecule has 2 rings (SSSR count). The second-order valence-electron chi connectivity index (χ2n) is 2.44. The molecule has 80 valence electrons. The Bertz CT molecular complexity index is 456. The van der Waals surface area contributed by atoms with E-state index in [4.69, 9.17) is 8.37 Å². The van der Waals surface area contributed by atoms with Gasteiger partial charge in [0.15, 0.2) is 10.1 Å². The van der Waals surface area contributed by atoms with Crippen LogP contribution in [0, 0.1) is 0 Å². The molecule has 0 spiro atoms. The van der Waals surface area contributed by atoms with Gasteiger partial charge in [-0.15, -0.1) is 31.1 Å². The van der Waals surface area contributed by atoms with Gasteiger partial charge in [0.25, 0.3) is 0 Å². The van der Waals surface area contributed by atoms with Crippen molar-refractivity contribution in [3.63, 3.8) is 0 Å². The van der Waals surface area contributed by atoms with Crippen LogP contribution in [0.5, 0.6) is 10.1 Å². The molecule has 0 aromatic carbocycles. The molecule has 0 saturated heterocycles. The Morgan fingerprint density at radius 2 is 1.40 bits per heavy atom. The van der Waals surface area contributed by atoms with Gasteiger partial charge in [-0.2, -0.15) is 0 Å². The van der Waals surface area contributed by atoms with E-state index in [1.54, 1.807) is 35.0 Å². The summed E-state index contributed by atoms with van der Waals surface area (Å²) in [6.07, 6.45) is 0. The van der Waals surface area contributed by atoms with E-state index in [2.05, 4.69) is 0 Å². The third-order valence-corrected chi connectivity index (χ3v) is 3.83. The molecular formula is C8H6O4S3. The van der Waals surface area contributed by atoms with E-state index in [-0.39, 0.29) is 10.1 Å². The third kappa shape index (κ3) is 2.95. The second-order valence-corrected chi connectivity index (χ2v) is 5.41. The first-order valence-corrected chi connectivity index (χ1v) is 6.96. The van der Waals surface area contributed by atoms with Gasteiger partial charge in [-0.25, -0.2) is 0 Å². The smallest absolute Gasteiger partial charge is 0.342 e. The molecule has 7 heteroatoms. The Balaban J connectivity index is 2.08. The van der Waals surface area contributed by atoms with E-state index < -0.39 is 10.4 Å². The molecule has 0 bridgehead atoms. The first kappa shape index (κ1) is 10.5. The molecular weight excluding hydrogens is 256 g/mol. The molecule has 0 N–H and O–H groups in total. The van der Waals surface area contributed by atoms with E-state index in [0.717, 1.165) is 0 Å². The van der Waals surface area contributed by atoms with Crippen molar-refractivity contribution in [3.05, 3.63) is 35.0 Å². The molecule has 0 saturated carbocycles. The minimum absolute atomic E-state index is 0.284. The van der Waals surface area contributed by atoms with Crippen molar-refractivity contribution in [1.82, 2.24) is 0 Å². The van der Waals surface area contributed by atoms with Gasteiger partial charge in [0, 0.05) is 0 Å². The standard InChI is InChI=1S/C8H6O4S3/c9-15(10,11-7-3-1-5-13-7)12-8-4-2-6-14-8/h1-6H. The highest BCUT2D eigenvalue weighted by molar-refractivity contribution is 7.82. The Hall–Kier alpha value is -1.05. The number of hydrogen-bond donors (Lipinski definition) is 0. The summed E-state index contributed by atoms with van der Waals surface area (Å²) >= 11 is 2.37. The summed E-state index contributed by atoms with van der Waals surface area (Å²) in [6, 6.07) is 6.50. The van der Waals surface area contributed by atoms with Gasteiger partial charge in [0.2, 0.25) is 0 Å². The van der Waals surface area contributed by atoms with Crippen LogP contribution in [-0.4, -0.2) is 8.42 Å². The van der Waals surface area contributed by atoms with Gasteiger partial charge in [0.1, 0.15) is 0 Å². The van der Waals surface area contributed by atoms with Gasteiger partial charge < -0.3 is 8.37 Å². The average Bonchev–Trinajstić information content (AvgIpc) is 2.75. The van der Waals surface area contributed by atoms with Gasteiger partial charge >= 0.3 is 10.4 Å². The van der Waals surface area contributed by atoms with Crippen LogP contribution in [-0.2, 0) is 10.4 Å². The van der Waals surface area contributed by atoms with Crippen molar-refractivity contribution < 1.29 is 16.8 Å². The molecule has 0 unspecified atom stereocenters. The van der Waals surface area contributed by atoms with Crippen LogP contribution in [0.4, 0.5) is 0 Å². The van der Waals surface area contributed by atoms with Crippen molar-refractivity contribution in [2.24, 2.45) is 0 Å². The molecule has 0 radical (unpaired) electrons. The summed E-state index contributed by atoms with van der Waals surface area (Å²) in [4.78, 5) is 0. The molecule has 2 aromatic heterocycles. The van der Waals surface area contributed by atoms with Crippen LogP contribution in [0.2, 0.25) is 0 Å². The summed E-state index contributed by atoms with van der Waals surface area (Å²) in [5.74, 6) is 0. The lowest BCUT2D eigenvalue weighted by molar-refractivity contribution is 0.400. The topological polar surface area (TPSA) is 52.6 Å². The van der Waals surface area contributed by atoms with Gasteiger partial charge in [0.05, 0.1) is 0 Å². The fourth-order valence-corrected chi connectivity index (χ4v) is 3.10. The number of thiophene rings is 2. The quantitative estimate of drug-likeness (QED) is 0.849. The van der Waals surface area contributed by atoms with Crippen LogP contribution in [0.3, 0.4) is 0 Å². The zero-order chi connectivity index (χ0) is 10.7. The Morgan fingerprint density at radius 1 is 0.933 bits per heavy atom. The predicted octanol–water partition coefficient (Wildman–Crippen LogP) is 2.51. The van der Waals surface area contributed by atoms with Gasteiger partial charge in [-0.05, 0) is 35.0 Å². The highest BCUT2D eigenvalue weighted by Gasteiger charge is 2.16. The lowest BCUT2D eigenvalue weighted by Crippen LogP contribution is -2.15. The molecule has 15 heavy (non-hydrogen) atoms. The lowest BCUT2D eigenvalue weighted by atomic mass is 10.7. The molecule has 4 nitrogen and oxygen atoms in total. The second kappa shape index (κ2) is 4.21. The monoisotopic (exact) mass is 262 g/mol. The number of hydrogen-bond acceptors (Lipinski definition) is 6. The molecule has 2 aromatic rings. The molecule has 0 atom stereocenters. The predicted molar refractivity (Wildman–Crippen MR) is 58.8 cm³/mol. The van der Waals surface area contributed by atoms with Crippen LogP contribution in [0.25, 0.3) is 0 Å². The molecule has 0 fully saturated rings. The third-order valence-electron chi connectivity index (χ3n) is 1.36. The molecule has 0 aliphatic heterocycles. The Kier molecular flexibility index (Phi) is 2.94. The maximum atomic E-state index is 11.3. The Morgan fingerprint density at radius 3 is 1.73 bits per heavy atom. The van der Waals surface area contributed by atoms with Crippen LogP contribution >= 0.6 is 22.7 Å². The summed E-state index contributed by atoms with van der Waals surface area (Å²) in [6.45, 7) is 0. The van der Waals surface area contributed by atoms with Crippen molar-refractivity contribution in [2.45, 2.75) is 0 Å². The Labute approximate surface area is 95.0 Å². The summed E-state index contributed by atoms with van der Waals surface area (Å²) in [5.41, 5.74) is 0. The summed E-state index contributed by atoms with van der Waals surface area (Å²) < 4.78 is 32.0. The van der Waals surface area contributed by atoms with Gasteiger partial charge in [-0.1, -0.05) is 0 Å². The molecule has 0 aliphatic carbocycles. The largest absolute Gasteiger partial charge is 0.502 e. The van der Waals surface area contributed by atoms with E-state index in [9.17, 15) is 8.42 Å². The van der Waals surface area contributed by atoms with Gasteiger partial charge in [-0.3, -0.25) is 0 Å². The average molecular weight is 262 g/mol. The fourth-order valence-electron chi connectivity index (χ4n) is 0.840. The van der Waals surface area contributed by atoms with Crippen LogP contribution in [0.1, 0.15) is 0 Å².